The molecule has 0 radical (unpaired) electrons. The number of hydrogen-bond donors (Lipinski definition) is 1. The lowest BCUT2D eigenvalue weighted by Gasteiger charge is -2.26. The first-order valence-corrected chi connectivity index (χ1v) is 10.7. The third-order valence-corrected chi connectivity index (χ3v) is 5.99. The molecule has 31 heavy (non-hydrogen) atoms. The van der Waals surface area contributed by atoms with Crippen LogP contribution in [0.15, 0.2) is 48.0 Å². The third kappa shape index (κ3) is 3.95. The SMILES string of the molecule is CCc1ccc(C2/C(=C(/O)c3ccc4c(c3)CCO4)C(=O)C(=O)N2CCN(C)C)cc1. The molecule has 2 aromatic carbocycles. The number of hydrogen-bond acceptors (Lipinski definition) is 5. The number of aliphatic hydroxyl groups excluding tert-OH is 1. The van der Waals surface area contributed by atoms with Gasteiger partial charge in [-0.25, -0.2) is 0 Å². The Hall–Kier alpha value is -3.12. The highest BCUT2D eigenvalue weighted by Gasteiger charge is 2.45. The molecule has 2 aliphatic heterocycles. The van der Waals surface area contributed by atoms with Crippen LogP contribution in [0.5, 0.6) is 5.75 Å². The van der Waals surface area contributed by atoms with Gasteiger partial charge in [-0.15, -0.1) is 0 Å². The highest BCUT2D eigenvalue weighted by atomic mass is 16.5. The summed E-state index contributed by atoms with van der Waals surface area (Å²) in [4.78, 5) is 29.6. The standard InChI is InChI=1S/C25H28N2O4/c1-4-16-5-7-17(8-6-16)22-21(24(29)25(30)27(22)13-12-26(2)3)23(28)19-9-10-20-18(15-19)11-14-31-20/h5-10,15,22,28H,4,11-14H2,1-3H3/b23-21-. The van der Waals surface area contributed by atoms with Crippen molar-refractivity contribution >= 4 is 17.4 Å². The zero-order chi connectivity index (χ0) is 22.1. The van der Waals surface area contributed by atoms with Gasteiger partial charge in [0.25, 0.3) is 11.7 Å². The number of aryl methyl sites for hydroxylation is 1. The van der Waals surface area contributed by atoms with E-state index in [-0.39, 0.29) is 11.3 Å². The molecule has 2 aromatic rings. The van der Waals surface area contributed by atoms with Gasteiger partial charge in [0, 0.05) is 25.1 Å². The zero-order valence-electron chi connectivity index (χ0n) is 18.2. The second kappa shape index (κ2) is 8.55. The molecule has 6 nitrogen and oxygen atoms in total. The lowest BCUT2D eigenvalue weighted by atomic mass is 9.94. The van der Waals surface area contributed by atoms with Gasteiger partial charge in [0.2, 0.25) is 0 Å². The van der Waals surface area contributed by atoms with E-state index in [1.807, 2.05) is 55.4 Å². The van der Waals surface area contributed by atoms with E-state index in [1.54, 1.807) is 11.0 Å². The van der Waals surface area contributed by atoms with Crippen LogP contribution < -0.4 is 4.74 Å². The number of nitrogens with zero attached hydrogens (tertiary/aromatic N) is 2. The van der Waals surface area contributed by atoms with E-state index in [1.165, 1.54) is 5.56 Å². The number of benzene rings is 2. The molecule has 1 atom stereocenters. The summed E-state index contributed by atoms with van der Waals surface area (Å²) in [5.74, 6) is -0.547. The minimum Gasteiger partial charge on any atom is -0.507 e. The minimum absolute atomic E-state index is 0.134. The Balaban J connectivity index is 1.81. The monoisotopic (exact) mass is 420 g/mol. The summed E-state index contributed by atoms with van der Waals surface area (Å²) in [6.07, 6.45) is 1.66. The molecule has 0 aromatic heterocycles. The Morgan fingerprint density at radius 1 is 1.16 bits per heavy atom. The topological polar surface area (TPSA) is 70.1 Å². The van der Waals surface area contributed by atoms with Crippen LogP contribution in [0.2, 0.25) is 0 Å². The second-order valence-electron chi connectivity index (χ2n) is 8.31. The van der Waals surface area contributed by atoms with Gasteiger partial charge in [-0.2, -0.15) is 0 Å². The van der Waals surface area contributed by atoms with E-state index < -0.39 is 17.7 Å². The van der Waals surface area contributed by atoms with Gasteiger partial charge in [0.05, 0.1) is 18.2 Å². The molecule has 1 unspecified atom stereocenters. The maximum absolute atomic E-state index is 13.1. The number of ketones is 1. The number of Topliss-reactive ketones (excluding diaryl/α,β-unsaturated/α-hetero) is 1. The van der Waals surface area contributed by atoms with Crippen molar-refractivity contribution in [1.29, 1.82) is 0 Å². The molecule has 0 bridgehead atoms. The lowest BCUT2D eigenvalue weighted by molar-refractivity contribution is -0.140. The Morgan fingerprint density at radius 2 is 1.90 bits per heavy atom. The van der Waals surface area contributed by atoms with Crippen molar-refractivity contribution in [3.05, 3.63) is 70.3 Å². The molecule has 0 aliphatic carbocycles. The highest BCUT2D eigenvalue weighted by molar-refractivity contribution is 6.46. The fraction of sp³-hybridized carbons (Fsp3) is 0.360. The molecule has 162 valence electrons. The van der Waals surface area contributed by atoms with E-state index >= 15 is 0 Å². The van der Waals surface area contributed by atoms with E-state index in [0.717, 1.165) is 29.7 Å². The first kappa shape index (κ1) is 21.1. The summed E-state index contributed by atoms with van der Waals surface area (Å²) < 4.78 is 5.55. The van der Waals surface area contributed by atoms with Crippen LogP contribution in [-0.2, 0) is 22.4 Å². The van der Waals surface area contributed by atoms with Crippen LogP contribution in [0.3, 0.4) is 0 Å². The first-order valence-electron chi connectivity index (χ1n) is 10.7. The summed E-state index contributed by atoms with van der Waals surface area (Å²) in [7, 11) is 3.85. The number of rotatable bonds is 6. The van der Waals surface area contributed by atoms with Crippen LogP contribution in [0, 0.1) is 0 Å². The van der Waals surface area contributed by atoms with E-state index in [0.29, 0.717) is 25.3 Å². The predicted molar refractivity (Wildman–Crippen MR) is 119 cm³/mol. The molecule has 0 saturated carbocycles. The second-order valence-corrected chi connectivity index (χ2v) is 8.31. The number of likely N-dealkylation sites (N-methyl/N-ethyl adjacent to an activating group) is 1. The molecular formula is C25H28N2O4. The Labute approximate surface area is 182 Å². The summed E-state index contributed by atoms with van der Waals surface area (Å²) in [6.45, 7) is 3.70. The van der Waals surface area contributed by atoms with Gasteiger partial charge in [0.1, 0.15) is 11.5 Å². The van der Waals surface area contributed by atoms with Gasteiger partial charge in [-0.3, -0.25) is 9.59 Å². The number of ether oxygens (including phenoxy) is 1. The number of fused-ring (bicyclic) bond motifs is 1. The number of carbonyl (C=O) groups excluding carboxylic acids is 2. The third-order valence-electron chi connectivity index (χ3n) is 5.99. The summed E-state index contributed by atoms with van der Waals surface area (Å²) >= 11 is 0. The summed E-state index contributed by atoms with van der Waals surface area (Å²) in [6, 6.07) is 12.7. The van der Waals surface area contributed by atoms with Gasteiger partial charge in [0.15, 0.2) is 0 Å². The van der Waals surface area contributed by atoms with Gasteiger partial charge < -0.3 is 19.6 Å². The number of likely N-dealkylation sites (tertiary alicyclic amines) is 1. The Bertz CT molecular complexity index is 1040. The van der Waals surface area contributed by atoms with Crippen molar-refractivity contribution in [2.75, 3.05) is 33.8 Å². The summed E-state index contributed by atoms with van der Waals surface area (Å²) in [5.41, 5.74) is 3.67. The zero-order valence-corrected chi connectivity index (χ0v) is 18.2. The molecule has 0 spiro atoms. The van der Waals surface area contributed by atoms with E-state index in [2.05, 4.69) is 6.92 Å². The maximum atomic E-state index is 13.1. The minimum atomic E-state index is -0.641. The van der Waals surface area contributed by atoms with E-state index in [4.69, 9.17) is 4.74 Å². The first-order chi connectivity index (χ1) is 14.9. The fourth-order valence-corrected chi connectivity index (χ4v) is 4.19. The predicted octanol–water partition coefficient (Wildman–Crippen LogP) is 3.17. The van der Waals surface area contributed by atoms with Gasteiger partial charge in [-0.05, 0) is 55.4 Å². The molecule has 1 fully saturated rings. The highest BCUT2D eigenvalue weighted by Crippen LogP contribution is 2.40. The lowest BCUT2D eigenvalue weighted by Crippen LogP contribution is -2.35. The molecular weight excluding hydrogens is 392 g/mol. The van der Waals surface area contributed by atoms with Crippen LogP contribution >= 0.6 is 0 Å². The van der Waals surface area contributed by atoms with Gasteiger partial charge >= 0.3 is 0 Å². The van der Waals surface area contributed by atoms with Crippen molar-refractivity contribution in [2.24, 2.45) is 0 Å². The molecule has 2 aliphatic rings. The van der Waals surface area contributed by atoms with Crippen molar-refractivity contribution in [1.82, 2.24) is 9.80 Å². The van der Waals surface area contributed by atoms with Crippen molar-refractivity contribution in [3.63, 3.8) is 0 Å². The molecule has 4 rings (SSSR count). The fourth-order valence-electron chi connectivity index (χ4n) is 4.19. The van der Waals surface area contributed by atoms with Crippen molar-refractivity contribution < 1.29 is 19.4 Å². The van der Waals surface area contributed by atoms with Gasteiger partial charge in [-0.1, -0.05) is 31.2 Å². The number of aliphatic hydroxyl groups is 1. The molecule has 1 saturated heterocycles. The Morgan fingerprint density at radius 3 is 2.58 bits per heavy atom. The Kier molecular flexibility index (Phi) is 5.83. The van der Waals surface area contributed by atoms with Crippen LogP contribution in [-0.4, -0.2) is 60.4 Å². The smallest absolute Gasteiger partial charge is 0.295 e. The van der Waals surface area contributed by atoms with Crippen LogP contribution in [0.4, 0.5) is 0 Å². The van der Waals surface area contributed by atoms with E-state index in [9.17, 15) is 14.7 Å². The van der Waals surface area contributed by atoms with Crippen molar-refractivity contribution in [3.8, 4) is 5.75 Å². The van der Waals surface area contributed by atoms with Crippen LogP contribution in [0.25, 0.3) is 5.76 Å². The maximum Gasteiger partial charge on any atom is 0.295 e. The quantitative estimate of drug-likeness (QED) is 0.442. The molecule has 1 N–H and O–H groups in total. The van der Waals surface area contributed by atoms with Crippen molar-refractivity contribution in [2.45, 2.75) is 25.8 Å². The number of carbonyl (C=O) groups is 2. The average Bonchev–Trinajstić information content (AvgIpc) is 3.34. The normalized spacial score (nSPS) is 19.7. The molecule has 1 amide bonds. The molecule has 6 heteroatoms. The average molecular weight is 421 g/mol. The van der Waals surface area contributed by atoms with Crippen LogP contribution in [0.1, 0.15) is 35.2 Å². The number of amides is 1. The molecule has 2 heterocycles. The largest absolute Gasteiger partial charge is 0.507 e. The summed E-state index contributed by atoms with van der Waals surface area (Å²) in [5, 5.41) is 11.2.